The molecule has 5 nitrogen and oxygen atoms in total. The highest BCUT2D eigenvalue weighted by atomic mass is 16.5. The number of likely N-dealkylation sites (tertiary alicyclic amines) is 1. The number of benzene rings is 1. The van der Waals surface area contributed by atoms with Crippen molar-refractivity contribution in [3.63, 3.8) is 0 Å². The van der Waals surface area contributed by atoms with E-state index in [0.29, 0.717) is 19.3 Å². The maximum Gasteiger partial charge on any atom is 0.182 e. The number of rotatable bonds is 8. The first-order valence-corrected chi connectivity index (χ1v) is 10.3. The van der Waals surface area contributed by atoms with Gasteiger partial charge in [-0.3, -0.25) is 9.69 Å². The Kier molecular flexibility index (Phi) is 6.90. The van der Waals surface area contributed by atoms with Crippen LogP contribution in [0.15, 0.2) is 24.3 Å². The summed E-state index contributed by atoms with van der Waals surface area (Å²) >= 11 is 0. The van der Waals surface area contributed by atoms with Gasteiger partial charge in [-0.15, -0.1) is 0 Å². The Hall–Kier alpha value is -1.43. The summed E-state index contributed by atoms with van der Waals surface area (Å²) in [4.78, 5) is 17.7. The van der Waals surface area contributed by atoms with Crippen LogP contribution < -0.4 is 4.74 Å². The van der Waals surface area contributed by atoms with E-state index in [-0.39, 0.29) is 5.78 Å². The molecular formula is C22H34N2O3. The van der Waals surface area contributed by atoms with E-state index in [0.717, 1.165) is 44.0 Å². The molecule has 0 aliphatic carbocycles. The van der Waals surface area contributed by atoms with Gasteiger partial charge in [0.25, 0.3) is 0 Å². The van der Waals surface area contributed by atoms with Gasteiger partial charge in [-0.25, -0.2) is 0 Å². The maximum atomic E-state index is 13.0. The summed E-state index contributed by atoms with van der Waals surface area (Å²) in [5, 5.41) is 0. The fourth-order valence-electron chi connectivity index (χ4n) is 4.10. The van der Waals surface area contributed by atoms with E-state index in [1.807, 2.05) is 38.1 Å². The van der Waals surface area contributed by atoms with Gasteiger partial charge in [0.2, 0.25) is 0 Å². The van der Waals surface area contributed by atoms with Crippen molar-refractivity contribution in [3.05, 3.63) is 29.8 Å². The van der Waals surface area contributed by atoms with Gasteiger partial charge in [0.15, 0.2) is 5.78 Å². The van der Waals surface area contributed by atoms with Crippen molar-refractivity contribution in [2.45, 2.75) is 51.6 Å². The van der Waals surface area contributed by atoms with Gasteiger partial charge in [-0.2, -0.15) is 0 Å². The average molecular weight is 375 g/mol. The summed E-state index contributed by atoms with van der Waals surface area (Å²) in [5.74, 6) is 0.990. The van der Waals surface area contributed by atoms with Gasteiger partial charge >= 0.3 is 0 Å². The molecule has 0 amide bonds. The maximum absolute atomic E-state index is 13.0. The lowest BCUT2D eigenvalue weighted by Crippen LogP contribution is -2.54. The van der Waals surface area contributed by atoms with Crippen LogP contribution in [-0.4, -0.2) is 73.2 Å². The summed E-state index contributed by atoms with van der Waals surface area (Å²) in [6.45, 7) is 12.3. The molecule has 2 heterocycles. The molecule has 1 unspecified atom stereocenters. The molecule has 2 aliphatic heterocycles. The Labute approximate surface area is 163 Å². The van der Waals surface area contributed by atoms with E-state index in [1.165, 1.54) is 19.4 Å². The quantitative estimate of drug-likeness (QED) is 0.516. The van der Waals surface area contributed by atoms with E-state index < -0.39 is 5.54 Å². The number of morpholine rings is 1. The number of carbonyl (C=O) groups excluding carboxylic acids is 1. The summed E-state index contributed by atoms with van der Waals surface area (Å²) in [7, 11) is 0. The van der Waals surface area contributed by atoms with E-state index in [9.17, 15) is 4.79 Å². The molecule has 0 spiro atoms. The van der Waals surface area contributed by atoms with E-state index in [4.69, 9.17) is 9.47 Å². The number of ketones is 1. The van der Waals surface area contributed by atoms with Crippen LogP contribution in [0.1, 0.15) is 50.4 Å². The normalized spacial score (nSPS) is 22.1. The molecule has 0 radical (unpaired) electrons. The van der Waals surface area contributed by atoms with Crippen molar-refractivity contribution in [1.82, 2.24) is 9.80 Å². The fraction of sp³-hybridized carbons (Fsp3) is 0.682. The van der Waals surface area contributed by atoms with Crippen molar-refractivity contribution in [1.29, 1.82) is 0 Å². The molecule has 2 aliphatic rings. The molecule has 150 valence electrons. The third-order valence-corrected chi connectivity index (χ3v) is 6.02. The van der Waals surface area contributed by atoms with Gasteiger partial charge in [-0.05, 0) is 70.8 Å². The minimum Gasteiger partial charge on any atom is -0.494 e. The fourth-order valence-corrected chi connectivity index (χ4v) is 4.10. The Morgan fingerprint density at radius 3 is 2.52 bits per heavy atom. The second-order valence-corrected chi connectivity index (χ2v) is 8.24. The first-order valence-electron chi connectivity index (χ1n) is 10.3. The van der Waals surface area contributed by atoms with Gasteiger partial charge in [-0.1, -0.05) is 0 Å². The zero-order valence-corrected chi connectivity index (χ0v) is 17.1. The highest BCUT2D eigenvalue weighted by molar-refractivity contribution is 6.02. The van der Waals surface area contributed by atoms with Crippen LogP contribution >= 0.6 is 0 Å². The standard InChI is InChI=1S/C22H34N2O3/c1-18-6-4-11-23(18)12-5-15-27-20-9-7-19(8-10-20)21(25)22(2,3)24-13-16-26-17-14-24/h7-10,18H,4-6,11-17H2,1-3H3. The first-order chi connectivity index (χ1) is 13.0. The summed E-state index contributed by atoms with van der Waals surface area (Å²) in [6, 6.07) is 8.33. The predicted octanol–water partition coefficient (Wildman–Crippen LogP) is 3.23. The molecule has 0 aromatic heterocycles. The van der Waals surface area contributed by atoms with Crippen molar-refractivity contribution < 1.29 is 14.3 Å². The number of carbonyl (C=O) groups is 1. The number of ether oxygens (including phenoxy) is 2. The minimum absolute atomic E-state index is 0.152. The van der Waals surface area contributed by atoms with Crippen LogP contribution in [0.3, 0.4) is 0 Å². The van der Waals surface area contributed by atoms with Crippen LogP contribution in [-0.2, 0) is 4.74 Å². The lowest BCUT2D eigenvalue weighted by Gasteiger charge is -2.39. The summed E-state index contributed by atoms with van der Waals surface area (Å²) in [5.41, 5.74) is 0.225. The van der Waals surface area contributed by atoms with Gasteiger partial charge in [0, 0.05) is 31.2 Å². The zero-order chi connectivity index (χ0) is 19.3. The lowest BCUT2D eigenvalue weighted by atomic mass is 9.91. The minimum atomic E-state index is -0.515. The molecule has 0 N–H and O–H groups in total. The Balaban J connectivity index is 1.48. The number of hydrogen-bond donors (Lipinski definition) is 0. The van der Waals surface area contributed by atoms with Crippen molar-refractivity contribution in [2.75, 3.05) is 46.0 Å². The number of nitrogens with zero attached hydrogens (tertiary/aromatic N) is 2. The molecule has 1 aromatic rings. The average Bonchev–Trinajstić information content (AvgIpc) is 3.10. The molecule has 0 bridgehead atoms. The predicted molar refractivity (Wildman–Crippen MR) is 108 cm³/mol. The van der Waals surface area contributed by atoms with Crippen LogP contribution in [0.5, 0.6) is 5.75 Å². The molecule has 1 aromatic carbocycles. The van der Waals surface area contributed by atoms with Crippen LogP contribution in [0.25, 0.3) is 0 Å². The monoisotopic (exact) mass is 374 g/mol. The topological polar surface area (TPSA) is 42.0 Å². The first kappa shape index (κ1) is 20.3. The molecule has 1 atom stereocenters. The SMILES string of the molecule is CC1CCCN1CCCOc1ccc(C(=O)C(C)(C)N2CCOCC2)cc1. The Morgan fingerprint density at radius 2 is 1.89 bits per heavy atom. The molecule has 5 heteroatoms. The molecule has 0 saturated carbocycles. The van der Waals surface area contributed by atoms with Crippen molar-refractivity contribution >= 4 is 5.78 Å². The largest absolute Gasteiger partial charge is 0.494 e. The van der Waals surface area contributed by atoms with E-state index in [2.05, 4.69) is 16.7 Å². The highest BCUT2D eigenvalue weighted by Crippen LogP contribution is 2.23. The summed E-state index contributed by atoms with van der Waals surface area (Å²) < 4.78 is 11.3. The van der Waals surface area contributed by atoms with Crippen molar-refractivity contribution in [3.8, 4) is 5.75 Å². The van der Waals surface area contributed by atoms with Gasteiger partial charge in [0.1, 0.15) is 5.75 Å². The van der Waals surface area contributed by atoms with Crippen LogP contribution in [0.4, 0.5) is 0 Å². The Morgan fingerprint density at radius 1 is 1.19 bits per heavy atom. The smallest absolute Gasteiger partial charge is 0.182 e. The lowest BCUT2D eigenvalue weighted by molar-refractivity contribution is -0.00429. The van der Waals surface area contributed by atoms with Gasteiger partial charge in [0.05, 0.1) is 25.4 Å². The van der Waals surface area contributed by atoms with Gasteiger partial charge < -0.3 is 14.4 Å². The van der Waals surface area contributed by atoms with Crippen molar-refractivity contribution in [2.24, 2.45) is 0 Å². The van der Waals surface area contributed by atoms with Crippen LogP contribution in [0, 0.1) is 0 Å². The number of hydrogen-bond acceptors (Lipinski definition) is 5. The van der Waals surface area contributed by atoms with E-state index in [1.54, 1.807) is 0 Å². The highest BCUT2D eigenvalue weighted by Gasteiger charge is 2.35. The van der Waals surface area contributed by atoms with Crippen LogP contribution in [0.2, 0.25) is 0 Å². The second-order valence-electron chi connectivity index (χ2n) is 8.24. The zero-order valence-electron chi connectivity index (χ0n) is 17.1. The second kappa shape index (κ2) is 9.18. The number of Topliss-reactive ketones (excluding diaryl/α,β-unsaturated/α-hetero) is 1. The third-order valence-electron chi connectivity index (χ3n) is 6.02. The molecule has 2 saturated heterocycles. The molecule has 27 heavy (non-hydrogen) atoms. The van der Waals surface area contributed by atoms with E-state index >= 15 is 0 Å². The molecule has 3 rings (SSSR count). The molecular weight excluding hydrogens is 340 g/mol. The Bertz CT molecular complexity index is 608. The third kappa shape index (κ3) is 5.09. The summed E-state index contributed by atoms with van der Waals surface area (Å²) in [6.07, 6.45) is 3.67. The molecule has 2 fully saturated rings.